The van der Waals surface area contributed by atoms with Gasteiger partial charge < -0.3 is 21.1 Å². The fourth-order valence-electron chi connectivity index (χ4n) is 4.13. The van der Waals surface area contributed by atoms with Crippen molar-refractivity contribution < 1.29 is 14.7 Å². The van der Waals surface area contributed by atoms with Gasteiger partial charge in [-0.2, -0.15) is 0 Å². The minimum absolute atomic E-state index is 0.0876. The molecule has 0 radical (unpaired) electrons. The normalized spacial score (nSPS) is 22.1. The lowest BCUT2D eigenvalue weighted by molar-refractivity contribution is -0.144. The smallest absolute Gasteiger partial charge is 0.248 e. The molecule has 4 rings (SSSR count). The number of nitrogens with one attached hydrogen (secondary N) is 1. The summed E-state index contributed by atoms with van der Waals surface area (Å²) in [5.41, 5.74) is 6.82. The van der Waals surface area contributed by atoms with E-state index in [9.17, 15) is 14.7 Å². The summed E-state index contributed by atoms with van der Waals surface area (Å²) in [5.74, 6) is 0.0817. The molecule has 32 heavy (non-hydrogen) atoms. The molecular formula is C21H30N8O3. The lowest BCUT2D eigenvalue weighted by atomic mass is 9.85. The van der Waals surface area contributed by atoms with Gasteiger partial charge in [0.2, 0.25) is 11.8 Å². The Morgan fingerprint density at radius 3 is 2.75 bits per heavy atom. The number of rotatable bonds is 6. The maximum absolute atomic E-state index is 13.7. The van der Waals surface area contributed by atoms with E-state index in [2.05, 4.69) is 25.6 Å². The van der Waals surface area contributed by atoms with Crippen molar-refractivity contribution in [1.82, 2.24) is 35.2 Å². The van der Waals surface area contributed by atoms with E-state index in [1.54, 1.807) is 4.68 Å². The molecule has 0 unspecified atom stereocenters. The molecule has 1 saturated carbocycles. The Hall–Kier alpha value is -3.08. The van der Waals surface area contributed by atoms with Crippen LogP contribution in [-0.2, 0) is 16.1 Å². The molecule has 2 aromatic heterocycles. The zero-order chi connectivity index (χ0) is 23.0. The third-order valence-electron chi connectivity index (χ3n) is 5.98. The lowest BCUT2D eigenvalue weighted by Gasteiger charge is -2.34. The number of nitrogens with two attached hydrogens (primary N) is 1. The van der Waals surface area contributed by atoms with E-state index in [-0.39, 0.29) is 37.1 Å². The topological polar surface area (TPSA) is 152 Å². The first-order chi connectivity index (χ1) is 15.1. The van der Waals surface area contributed by atoms with E-state index in [0.717, 1.165) is 18.5 Å². The van der Waals surface area contributed by atoms with E-state index in [1.165, 1.54) is 17.4 Å². The molecule has 0 aromatic carbocycles. The van der Waals surface area contributed by atoms with Gasteiger partial charge in [-0.05, 0) is 18.3 Å². The van der Waals surface area contributed by atoms with Gasteiger partial charge in [-0.3, -0.25) is 9.59 Å². The van der Waals surface area contributed by atoms with Gasteiger partial charge in [-0.15, -0.1) is 5.10 Å². The van der Waals surface area contributed by atoms with Crippen molar-refractivity contribution in [3.8, 4) is 0 Å². The minimum Gasteiger partial charge on any atom is -0.391 e. The standard InChI is InChI=1S/C21H30N8O3/c1-21(2,3)17(29-10-15(26-27-29)12-4-5-12)20(32)28-9-14(30)6-16(28)19(31)24-8-13-7-23-11-25-18(13)22/h7,10-12,14,16-17,30H,4-6,8-9H2,1-3H3,(H,24,31)(H2,22,23,25)/t14-,16+,17-/m1/s1. The summed E-state index contributed by atoms with van der Waals surface area (Å²) < 4.78 is 1.61. The van der Waals surface area contributed by atoms with Crippen molar-refractivity contribution in [2.24, 2.45) is 5.41 Å². The highest BCUT2D eigenvalue weighted by Gasteiger charge is 2.45. The molecule has 0 bridgehead atoms. The molecule has 0 spiro atoms. The Labute approximate surface area is 186 Å². The van der Waals surface area contributed by atoms with E-state index >= 15 is 0 Å². The monoisotopic (exact) mass is 442 g/mol. The second kappa shape index (κ2) is 8.45. The van der Waals surface area contributed by atoms with Gasteiger partial charge in [0.05, 0.1) is 11.8 Å². The molecule has 4 N–H and O–H groups in total. The maximum atomic E-state index is 13.7. The third-order valence-corrected chi connectivity index (χ3v) is 5.98. The van der Waals surface area contributed by atoms with E-state index < -0.39 is 23.6 Å². The summed E-state index contributed by atoms with van der Waals surface area (Å²) in [5, 5.41) is 21.6. The number of aliphatic hydroxyl groups excluding tert-OH is 1. The second-order valence-electron chi connectivity index (χ2n) is 9.71. The lowest BCUT2D eigenvalue weighted by Crippen LogP contribution is -2.50. The number of β-amino-alcohol motifs (C(OH)–C–C–N with tert-alkyl or cyclic N) is 1. The predicted molar refractivity (Wildman–Crippen MR) is 115 cm³/mol. The Kier molecular flexibility index (Phi) is 5.85. The predicted octanol–water partition coefficient (Wildman–Crippen LogP) is 0.393. The number of aromatic nitrogens is 5. The zero-order valence-corrected chi connectivity index (χ0v) is 18.6. The molecule has 3 atom stereocenters. The highest BCUT2D eigenvalue weighted by Crippen LogP contribution is 2.40. The van der Waals surface area contributed by atoms with Gasteiger partial charge in [0.15, 0.2) is 0 Å². The molecule has 2 fully saturated rings. The van der Waals surface area contributed by atoms with Crippen LogP contribution >= 0.6 is 0 Å². The van der Waals surface area contributed by atoms with Crippen molar-refractivity contribution in [1.29, 1.82) is 0 Å². The van der Waals surface area contributed by atoms with E-state index in [1.807, 2.05) is 27.0 Å². The van der Waals surface area contributed by atoms with Crippen LogP contribution < -0.4 is 11.1 Å². The SMILES string of the molecule is CC(C)(C)[C@@H](C(=O)N1C[C@H](O)C[C@H]1C(=O)NCc1cncnc1N)n1cc(C2CC2)nn1. The van der Waals surface area contributed by atoms with Gasteiger partial charge in [0.1, 0.15) is 24.2 Å². The first-order valence-corrected chi connectivity index (χ1v) is 10.9. The molecule has 3 heterocycles. The highest BCUT2D eigenvalue weighted by atomic mass is 16.3. The number of amides is 2. The summed E-state index contributed by atoms with van der Waals surface area (Å²) in [7, 11) is 0. The van der Waals surface area contributed by atoms with E-state index in [4.69, 9.17) is 5.73 Å². The largest absolute Gasteiger partial charge is 0.391 e. The van der Waals surface area contributed by atoms with Gasteiger partial charge in [-0.1, -0.05) is 26.0 Å². The average Bonchev–Trinajstić information content (AvgIpc) is 3.34. The molecule has 1 aliphatic carbocycles. The van der Waals surface area contributed by atoms with Crippen LogP contribution in [0.1, 0.15) is 63.3 Å². The van der Waals surface area contributed by atoms with Crippen LogP contribution in [0.5, 0.6) is 0 Å². The molecule has 1 saturated heterocycles. The molecule has 2 aromatic rings. The van der Waals surface area contributed by atoms with Crippen LogP contribution in [0.15, 0.2) is 18.7 Å². The van der Waals surface area contributed by atoms with Crippen LogP contribution in [0.2, 0.25) is 0 Å². The quantitative estimate of drug-likeness (QED) is 0.581. The van der Waals surface area contributed by atoms with Crippen LogP contribution in [0.25, 0.3) is 0 Å². The summed E-state index contributed by atoms with van der Waals surface area (Å²) in [6.07, 6.45) is 6.27. The van der Waals surface area contributed by atoms with Gasteiger partial charge in [0.25, 0.3) is 0 Å². The third kappa shape index (κ3) is 4.57. The number of hydrogen-bond acceptors (Lipinski definition) is 8. The van der Waals surface area contributed by atoms with Gasteiger partial charge in [-0.25, -0.2) is 14.6 Å². The van der Waals surface area contributed by atoms with Crippen molar-refractivity contribution in [2.75, 3.05) is 12.3 Å². The Morgan fingerprint density at radius 2 is 2.09 bits per heavy atom. The van der Waals surface area contributed by atoms with Crippen molar-refractivity contribution >= 4 is 17.6 Å². The number of aliphatic hydroxyl groups is 1. The molecule has 1 aliphatic heterocycles. The maximum Gasteiger partial charge on any atom is 0.248 e. The Bertz CT molecular complexity index is 997. The zero-order valence-electron chi connectivity index (χ0n) is 18.6. The molecule has 2 aliphatic rings. The number of likely N-dealkylation sites (tertiary alicyclic amines) is 1. The van der Waals surface area contributed by atoms with Crippen LogP contribution in [0.3, 0.4) is 0 Å². The molecule has 11 nitrogen and oxygen atoms in total. The summed E-state index contributed by atoms with van der Waals surface area (Å²) >= 11 is 0. The number of anilines is 1. The van der Waals surface area contributed by atoms with Crippen molar-refractivity contribution in [3.63, 3.8) is 0 Å². The van der Waals surface area contributed by atoms with Crippen molar-refractivity contribution in [2.45, 2.75) is 70.7 Å². The van der Waals surface area contributed by atoms with Gasteiger partial charge >= 0.3 is 0 Å². The summed E-state index contributed by atoms with van der Waals surface area (Å²) in [6.45, 7) is 6.08. The Morgan fingerprint density at radius 1 is 1.34 bits per heavy atom. The number of carbonyl (C=O) groups is 2. The van der Waals surface area contributed by atoms with Crippen LogP contribution in [0.4, 0.5) is 5.82 Å². The van der Waals surface area contributed by atoms with Crippen molar-refractivity contribution in [3.05, 3.63) is 30.0 Å². The average molecular weight is 443 g/mol. The highest BCUT2D eigenvalue weighted by molar-refractivity contribution is 5.90. The molecule has 11 heteroatoms. The first-order valence-electron chi connectivity index (χ1n) is 10.9. The number of nitrogen functional groups attached to an aromatic ring is 1. The second-order valence-corrected chi connectivity index (χ2v) is 9.71. The first kappa shape index (κ1) is 22.1. The minimum atomic E-state index is -0.792. The number of carbonyl (C=O) groups excluding carboxylic acids is 2. The molecule has 172 valence electrons. The fourth-order valence-corrected chi connectivity index (χ4v) is 4.13. The summed E-state index contributed by atoms with van der Waals surface area (Å²) in [4.78, 5) is 35.9. The van der Waals surface area contributed by atoms with E-state index in [0.29, 0.717) is 11.5 Å². The molecular weight excluding hydrogens is 412 g/mol. The van der Waals surface area contributed by atoms with Crippen LogP contribution in [-0.4, -0.2) is 65.5 Å². The summed E-state index contributed by atoms with van der Waals surface area (Å²) in [6, 6.07) is -1.44. The molecule has 2 amide bonds. The number of nitrogens with zero attached hydrogens (tertiary/aromatic N) is 6. The Balaban J connectivity index is 1.52. The van der Waals surface area contributed by atoms with Crippen LogP contribution in [0, 0.1) is 5.41 Å². The van der Waals surface area contributed by atoms with Gasteiger partial charge in [0, 0.05) is 43.4 Å². The number of hydrogen-bond donors (Lipinski definition) is 3. The fraction of sp³-hybridized carbons (Fsp3) is 0.619.